The highest BCUT2D eigenvalue weighted by Gasteiger charge is 2.54. The Morgan fingerprint density at radius 1 is 1.26 bits per heavy atom. The molecule has 2 saturated heterocycles. The van der Waals surface area contributed by atoms with Gasteiger partial charge in [-0.15, -0.1) is 0 Å². The van der Waals surface area contributed by atoms with Gasteiger partial charge < -0.3 is 19.0 Å². The highest BCUT2D eigenvalue weighted by Crippen LogP contribution is 2.33. The summed E-state index contributed by atoms with van der Waals surface area (Å²) < 4.78 is 11.1. The molecule has 120 valence electrons. The van der Waals surface area contributed by atoms with Crippen molar-refractivity contribution in [3.05, 3.63) is 35.6 Å². The van der Waals surface area contributed by atoms with E-state index in [9.17, 15) is 9.59 Å². The van der Waals surface area contributed by atoms with Crippen LogP contribution >= 0.6 is 0 Å². The molecular formula is C17H18N2O4. The number of carbonyl (C=O) groups excluding carboxylic acids is 2. The van der Waals surface area contributed by atoms with Crippen molar-refractivity contribution in [2.24, 2.45) is 0 Å². The van der Waals surface area contributed by atoms with E-state index in [1.165, 1.54) is 0 Å². The molecule has 4 rings (SSSR count). The zero-order chi connectivity index (χ0) is 16.2. The number of hydrogen-bond donors (Lipinski definition) is 0. The third-order valence-electron chi connectivity index (χ3n) is 4.68. The van der Waals surface area contributed by atoms with Gasteiger partial charge in [-0.3, -0.25) is 4.79 Å². The predicted molar refractivity (Wildman–Crippen MR) is 83.1 cm³/mol. The van der Waals surface area contributed by atoms with Gasteiger partial charge >= 0.3 is 6.09 Å². The summed E-state index contributed by atoms with van der Waals surface area (Å²) in [6.45, 7) is 3.37. The second-order valence-corrected chi connectivity index (χ2v) is 6.47. The van der Waals surface area contributed by atoms with E-state index < -0.39 is 5.60 Å². The van der Waals surface area contributed by atoms with Crippen molar-refractivity contribution in [3.8, 4) is 0 Å². The van der Waals surface area contributed by atoms with Crippen LogP contribution in [0.2, 0.25) is 0 Å². The van der Waals surface area contributed by atoms with Crippen molar-refractivity contribution >= 4 is 23.0 Å². The van der Waals surface area contributed by atoms with E-state index in [0.29, 0.717) is 26.1 Å². The summed E-state index contributed by atoms with van der Waals surface area (Å²) in [7, 11) is 1.71. The van der Waals surface area contributed by atoms with E-state index in [-0.39, 0.29) is 12.0 Å². The molecule has 1 spiro atoms. The van der Waals surface area contributed by atoms with E-state index in [4.69, 9.17) is 9.15 Å². The predicted octanol–water partition coefficient (Wildman–Crippen LogP) is 1.95. The molecule has 2 aliphatic heterocycles. The van der Waals surface area contributed by atoms with E-state index in [1.54, 1.807) is 16.8 Å². The Hall–Kier alpha value is -2.50. The third-order valence-corrected chi connectivity index (χ3v) is 4.68. The number of ether oxygens (including phenoxy) is 1. The van der Waals surface area contributed by atoms with Crippen LogP contribution in [0.25, 0.3) is 11.0 Å². The first-order chi connectivity index (χ1) is 11.0. The van der Waals surface area contributed by atoms with Crippen molar-refractivity contribution in [1.82, 2.24) is 9.80 Å². The monoisotopic (exact) mass is 314 g/mol. The number of carbonyl (C=O) groups is 2. The summed E-state index contributed by atoms with van der Waals surface area (Å²) in [4.78, 5) is 27.3. The molecule has 1 aromatic carbocycles. The minimum atomic E-state index is -0.505. The summed E-state index contributed by atoms with van der Waals surface area (Å²) in [5, 5.41) is 0.987. The van der Waals surface area contributed by atoms with Gasteiger partial charge in [0.15, 0.2) is 5.60 Å². The summed E-state index contributed by atoms with van der Waals surface area (Å²) in [6.07, 6.45) is -0.00308. The lowest BCUT2D eigenvalue weighted by Gasteiger charge is -2.45. The topological polar surface area (TPSA) is 63.0 Å². The van der Waals surface area contributed by atoms with Gasteiger partial charge in [0.2, 0.25) is 5.91 Å². The van der Waals surface area contributed by atoms with Crippen molar-refractivity contribution < 1.29 is 18.7 Å². The molecule has 0 aliphatic carbocycles. The number of aryl methyl sites for hydroxylation is 1. The van der Waals surface area contributed by atoms with Crippen LogP contribution in [0.15, 0.2) is 28.7 Å². The van der Waals surface area contributed by atoms with Crippen LogP contribution < -0.4 is 0 Å². The molecule has 0 bridgehead atoms. The van der Waals surface area contributed by atoms with Crippen LogP contribution in [0.3, 0.4) is 0 Å². The fraction of sp³-hybridized carbons (Fsp3) is 0.412. The number of nitrogens with zero attached hydrogens (tertiary/aromatic N) is 2. The highest BCUT2D eigenvalue weighted by atomic mass is 16.6. The minimum Gasteiger partial charge on any atom is -0.461 e. The Morgan fingerprint density at radius 3 is 2.70 bits per heavy atom. The zero-order valence-electron chi connectivity index (χ0n) is 13.2. The molecule has 3 heterocycles. The van der Waals surface area contributed by atoms with E-state index in [2.05, 4.69) is 0 Å². The molecule has 6 heteroatoms. The molecule has 0 N–H and O–H groups in total. The fourth-order valence-corrected chi connectivity index (χ4v) is 3.49. The minimum absolute atomic E-state index is 0.0379. The first-order valence-corrected chi connectivity index (χ1v) is 7.66. The maximum absolute atomic E-state index is 12.5. The molecule has 2 aromatic rings. The first kappa shape index (κ1) is 14.1. The largest absolute Gasteiger partial charge is 0.461 e. The highest BCUT2D eigenvalue weighted by molar-refractivity contribution is 5.89. The quantitative estimate of drug-likeness (QED) is 0.850. The van der Waals surface area contributed by atoms with Gasteiger partial charge in [-0.25, -0.2) is 4.79 Å². The lowest BCUT2D eigenvalue weighted by molar-refractivity contribution is -0.149. The van der Waals surface area contributed by atoms with Crippen LogP contribution in [0.4, 0.5) is 4.79 Å². The summed E-state index contributed by atoms with van der Waals surface area (Å²) in [6, 6.07) is 7.74. The number of benzene rings is 1. The number of fused-ring (bicyclic) bond motifs is 1. The Kier molecular flexibility index (Phi) is 2.91. The van der Waals surface area contributed by atoms with E-state index in [0.717, 1.165) is 22.3 Å². The van der Waals surface area contributed by atoms with Crippen LogP contribution in [-0.2, 0) is 16.0 Å². The van der Waals surface area contributed by atoms with Crippen LogP contribution in [0, 0.1) is 6.92 Å². The van der Waals surface area contributed by atoms with Crippen molar-refractivity contribution in [2.45, 2.75) is 18.9 Å². The molecule has 2 amide bonds. The van der Waals surface area contributed by atoms with Crippen LogP contribution in [0.5, 0.6) is 0 Å². The van der Waals surface area contributed by atoms with E-state index >= 15 is 0 Å². The molecular weight excluding hydrogens is 296 g/mol. The number of hydrogen-bond acceptors (Lipinski definition) is 4. The second-order valence-electron chi connectivity index (χ2n) is 6.47. The van der Waals surface area contributed by atoms with Gasteiger partial charge in [0.1, 0.15) is 11.3 Å². The number of furan rings is 1. The van der Waals surface area contributed by atoms with Gasteiger partial charge in [0.05, 0.1) is 26.1 Å². The first-order valence-electron chi connectivity index (χ1n) is 7.66. The van der Waals surface area contributed by atoms with Gasteiger partial charge in [0, 0.05) is 18.0 Å². The zero-order valence-corrected chi connectivity index (χ0v) is 13.2. The Bertz CT molecular complexity index is 804. The Balaban J connectivity index is 1.47. The molecule has 2 aliphatic rings. The standard InChI is InChI=1S/C17H18N2O4/c1-11-13(12-5-3-4-6-14(12)22-11)7-15(20)19-9-17(10-19)8-18(2)16(21)23-17/h3-6H,7-10H2,1-2H3. The molecule has 0 saturated carbocycles. The van der Waals surface area contributed by atoms with Crippen LogP contribution in [-0.4, -0.2) is 54.1 Å². The second kappa shape index (κ2) is 4.75. The number of amides is 2. The number of para-hydroxylation sites is 1. The summed E-state index contributed by atoms with van der Waals surface area (Å²) >= 11 is 0. The fourth-order valence-electron chi connectivity index (χ4n) is 3.49. The summed E-state index contributed by atoms with van der Waals surface area (Å²) in [5.74, 6) is 0.817. The number of rotatable bonds is 2. The van der Waals surface area contributed by atoms with Crippen LogP contribution in [0.1, 0.15) is 11.3 Å². The molecule has 1 aromatic heterocycles. The van der Waals surface area contributed by atoms with Gasteiger partial charge in [-0.05, 0) is 13.0 Å². The molecule has 23 heavy (non-hydrogen) atoms. The van der Waals surface area contributed by atoms with E-state index in [1.807, 2.05) is 31.2 Å². The summed E-state index contributed by atoms with van der Waals surface area (Å²) in [5.41, 5.74) is 1.24. The van der Waals surface area contributed by atoms with Crippen molar-refractivity contribution in [1.29, 1.82) is 0 Å². The molecule has 0 unspecified atom stereocenters. The number of likely N-dealkylation sites (N-methyl/N-ethyl adjacent to an activating group) is 1. The average molecular weight is 314 g/mol. The lowest BCUT2D eigenvalue weighted by Crippen LogP contribution is -2.65. The number of likely N-dealkylation sites (tertiary alicyclic amines) is 1. The maximum atomic E-state index is 12.5. The van der Waals surface area contributed by atoms with Crippen molar-refractivity contribution in [2.75, 3.05) is 26.7 Å². The van der Waals surface area contributed by atoms with Gasteiger partial charge in [-0.1, -0.05) is 18.2 Å². The molecule has 0 radical (unpaired) electrons. The normalized spacial score (nSPS) is 19.3. The maximum Gasteiger partial charge on any atom is 0.410 e. The average Bonchev–Trinajstić information content (AvgIpc) is 2.95. The van der Waals surface area contributed by atoms with Gasteiger partial charge in [-0.2, -0.15) is 0 Å². The molecule has 0 atom stereocenters. The van der Waals surface area contributed by atoms with Crippen molar-refractivity contribution in [3.63, 3.8) is 0 Å². The third kappa shape index (κ3) is 2.17. The van der Waals surface area contributed by atoms with Gasteiger partial charge in [0.25, 0.3) is 0 Å². The lowest BCUT2D eigenvalue weighted by atomic mass is 9.93. The Morgan fingerprint density at radius 2 is 2.00 bits per heavy atom. The molecule has 6 nitrogen and oxygen atoms in total. The smallest absolute Gasteiger partial charge is 0.410 e. The SMILES string of the molecule is Cc1oc2ccccc2c1CC(=O)N1CC2(CN(C)C(=O)O2)C1. The Labute approximate surface area is 133 Å². The molecule has 2 fully saturated rings.